The maximum absolute atomic E-state index is 12.4. The first-order valence-corrected chi connectivity index (χ1v) is 9.88. The number of benzene rings is 2. The lowest BCUT2D eigenvalue weighted by atomic mass is 9.63. The summed E-state index contributed by atoms with van der Waals surface area (Å²) in [6.07, 6.45) is 2.58. The zero-order chi connectivity index (χ0) is 20.5. The molecule has 4 heteroatoms. The lowest BCUT2D eigenvalue weighted by Crippen LogP contribution is -2.34. The Balaban J connectivity index is 1.66. The Morgan fingerprint density at radius 2 is 1.54 bits per heavy atom. The lowest BCUT2D eigenvalue weighted by molar-refractivity contribution is -0.120. The van der Waals surface area contributed by atoms with Gasteiger partial charge in [0.05, 0.1) is 13.0 Å². The molecule has 0 aliphatic heterocycles. The van der Waals surface area contributed by atoms with Gasteiger partial charge < -0.3 is 11.1 Å². The molecule has 1 aliphatic rings. The highest BCUT2D eigenvalue weighted by Gasteiger charge is 2.36. The number of carbonyl (C=O) groups excluding carboxylic acids is 2. The highest BCUT2D eigenvalue weighted by molar-refractivity contribution is 5.99. The van der Waals surface area contributed by atoms with Gasteiger partial charge in [-0.3, -0.25) is 9.59 Å². The number of carbonyl (C=O) groups is 2. The fraction of sp³-hybridized carbons (Fsp3) is 0.417. The third-order valence-corrected chi connectivity index (χ3v) is 5.96. The molecule has 2 aromatic carbocycles. The van der Waals surface area contributed by atoms with E-state index in [9.17, 15) is 9.59 Å². The van der Waals surface area contributed by atoms with Crippen LogP contribution in [0.4, 0.5) is 5.69 Å². The first kappa shape index (κ1) is 20.1. The van der Waals surface area contributed by atoms with Crippen molar-refractivity contribution < 1.29 is 9.59 Å². The van der Waals surface area contributed by atoms with Crippen molar-refractivity contribution in [1.29, 1.82) is 0 Å². The van der Waals surface area contributed by atoms with Crippen molar-refractivity contribution in [2.75, 3.05) is 12.3 Å². The van der Waals surface area contributed by atoms with Crippen molar-refractivity contribution in [3.05, 3.63) is 64.7 Å². The monoisotopic (exact) mass is 378 g/mol. The van der Waals surface area contributed by atoms with Gasteiger partial charge in [-0.1, -0.05) is 45.9 Å². The molecular formula is C24H30N2O2. The van der Waals surface area contributed by atoms with Gasteiger partial charge in [0.15, 0.2) is 5.78 Å². The maximum Gasteiger partial charge on any atom is 0.224 e. The molecule has 0 aromatic heterocycles. The van der Waals surface area contributed by atoms with Gasteiger partial charge in [-0.25, -0.2) is 0 Å². The molecule has 0 fully saturated rings. The van der Waals surface area contributed by atoms with Crippen LogP contribution in [-0.2, 0) is 22.0 Å². The van der Waals surface area contributed by atoms with Crippen molar-refractivity contribution in [1.82, 2.24) is 5.32 Å². The van der Waals surface area contributed by atoms with E-state index in [4.69, 9.17) is 5.73 Å². The molecule has 0 unspecified atom stereocenters. The van der Waals surface area contributed by atoms with Gasteiger partial charge in [0.2, 0.25) is 5.91 Å². The normalized spacial score (nSPS) is 16.9. The van der Waals surface area contributed by atoms with Crippen LogP contribution in [0, 0.1) is 0 Å². The van der Waals surface area contributed by atoms with Crippen LogP contribution in [0.15, 0.2) is 42.5 Å². The van der Waals surface area contributed by atoms with Gasteiger partial charge in [0.25, 0.3) is 0 Å². The second-order valence-electron chi connectivity index (χ2n) is 9.15. The van der Waals surface area contributed by atoms with Crippen molar-refractivity contribution in [3.63, 3.8) is 0 Å². The summed E-state index contributed by atoms with van der Waals surface area (Å²) in [6, 6.07) is 13.1. The molecule has 0 saturated carbocycles. The summed E-state index contributed by atoms with van der Waals surface area (Å²) in [4.78, 5) is 24.6. The highest BCUT2D eigenvalue weighted by atomic mass is 16.2. The molecular weight excluding hydrogens is 348 g/mol. The van der Waals surface area contributed by atoms with E-state index < -0.39 is 0 Å². The van der Waals surface area contributed by atoms with Crippen LogP contribution in [0.3, 0.4) is 0 Å². The molecule has 148 valence electrons. The summed E-state index contributed by atoms with van der Waals surface area (Å²) in [5.74, 6) is -0.265. The van der Waals surface area contributed by atoms with Gasteiger partial charge in [-0.05, 0) is 64.6 Å². The standard InChI is InChI=1S/C24H30N2O2/c1-23(2)11-12-24(3,4)20-13-16(5-10-19(20)23)14-22(28)26-15-21(27)17-6-8-18(25)9-7-17/h5-10,13H,11-12,14-15,25H2,1-4H3,(H,26,28). The Morgan fingerprint density at radius 3 is 2.18 bits per heavy atom. The summed E-state index contributed by atoms with van der Waals surface area (Å²) < 4.78 is 0. The molecule has 0 radical (unpaired) electrons. The smallest absolute Gasteiger partial charge is 0.224 e. The first-order valence-electron chi connectivity index (χ1n) is 9.88. The number of ketones is 1. The van der Waals surface area contributed by atoms with Gasteiger partial charge >= 0.3 is 0 Å². The van der Waals surface area contributed by atoms with Gasteiger partial charge in [-0.2, -0.15) is 0 Å². The largest absolute Gasteiger partial charge is 0.399 e. The number of fused-ring (bicyclic) bond motifs is 1. The summed E-state index contributed by atoms with van der Waals surface area (Å²) >= 11 is 0. The Kier molecular flexibility index (Phi) is 5.33. The van der Waals surface area contributed by atoms with E-state index in [2.05, 4.69) is 45.1 Å². The predicted molar refractivity (Wildman–Crippen MR) is 114 cm³/mol. The quantitative estimate of drug-likeness (QED) is 0.606. The highest BCUT2D eigenvalue weighted by Crippen LogP contribution is 2.45. The number of rotatable bonds is 5. The Bertz CT molecular complexity index is 895. The zero-order valence-electron chi connectivity index (χ0n) is 17.3. The molecule has 2 aromatic rings. The number of nitrogens with one attached hydrogen (secondary N) is 1. The maximum atomic E-state index is 12.4. The minimum Gasteiger partial charge on any atom is -0.399 e. The number of hydrogen-bond donors (Lipinski definition) is 2. The molecule has 3 N–H and O–H groups in total. The van der Waals surface area contributed by atoms with E-state index in [0.29, 0.717) is 11.3 Å². The van der Waals surface area contributed by atoms with Crippen molar-refractivity contribution in [2.24, 2.45) is 0 Å². The first-order chi connectivity index (χ1) is 13.1. The van der Waals surface area contributed by atoms with Crippen LogP contribution in [-0.4, -0.2) is 18.2 Å². The topological polar surface area (TPSA) is 72.2 Å². The minimum atomic E-state index is -0.142. The number of amides is 1. The van der Waals surface area contributed by atoms with E-state index in [-0.39, 0.29) is 35.5 Å². The van der Waals surface area contributed by atoms with Crippen LogP contribution < -0.4 is 11.1 Å². The zero-order valence-corrected chi connectivity index (χ0v) is 17.3. The van der Waals surface area contributed by atoms with E-state index in [1.807, 2.05) is 6.07 Å². The molecule has 4 nitrogen and oxygen atoms in total. The molecule has 1 aliphatic carbocycles. The Hall–Kier alpha value is -2.62. The number of nitrogens with two attached hydrogens (primary N) is 1. The third kappa shape index (κ3) is 4.27. The van der Waals surface area contributed by atoms with E-state index in [1.54, 1.807) is 24.3 Å². The molecule has 28 heavy (non-hydrogen) atoms. The van der Waals surface area contributed by atoms with Crippen LogP contribution in [0.2, 0.25) is 0 Å². The van der Waals surface area contributed by atoms with Crippen LogP contribution in [0.5, 0.6) is 0 Å². The van der Waals surface area contributed by atoms with E-state index in [1.165, 1.54) is 17.5 Å². The van der Waals surface area contributed by atoms with Gasteiger partial charge in [0, 0.05) is 11.3 Å². The fourth-order valence-corrected chi connectivity index (χ4v) is 3.94. The molecule has 0 spiro atoms. The SMILES string of the molecule is CC1(C)CCC(C)(C)c2cc(CC(=O)NCC(=O)c3ccc(N)cc3)ccc21. The van der Waals surface area contributed by atoms with Crippen molar-refractivity contribution in [3.8, 4) is 0 Å². The van der Waals surface area contributed by atoms with Crippen LogP contribution in [0.1, 0.15) is 67.6 Å². The minimum absolute atomic E-state index is 0.00772. The Morgan fingerprint density at radius 1 is 0.929 bits per heavy atom. The second-order valence-corrected chi connectivity index (χ2v) is 9.15. The molecule has 1 amide bonds. The number of Topliss-reactive ketones (excluding diaryl/α,β-unsaturated/α-hetero) is 1. The average Bonchev–Trinajstić information content (AvgIpc) is 2.64. The summed E-state index contributed by atoms with van der Waals surface area (Å²) in [5, 5.41) is 2.74. The fourth-order valence-electron chi connectivity index (χ4n) is 3.94. The van der Waals surface area contributed by atoms with Crippen LogP contribution in [0.25, 0.3) is 0 Å². The summed E-state index contributed by atoms with van der Waals surface area (Å²) in [5.41, 5.74) is 10.8. The van der Waals surface area contributed by atoms with Crippen LogP contribution >= 0.6 is 0 Å². The molecule has 0 saturated heterocycles. The summed E-state index contributed by atoms with van der Waals surface area (Å²) in [6.45, 7) is 9.12. The van der Waals surface area contributed by atoms with Crippen molar-refractivity contribution in [2.45, 2.75) is 57.8 Å². The van der Waals surface area contributed by atoms with Gasteiger partial charge in [-0.15, -0.1) is 0 Å². The van der Waals surface area contributed by atoms with Crippen molar-refractivity contribution >= 4 is 17.4 Å². The summed E-state index contributed by atoms with van der Waals surface area (Å²) in [7, 11) is 0. The lowest BCUT2D eigenvalue weighted by Gasteiger charge is -2.42. The van der Waals surface area contributed by atoms with E-state index >= 15 is 0 Å². The molecule has 3 rings (SSSR count). The molecule has 0 heterocycles. The Labute approximate surface area is 167 Å². The second kappa shape index (κ2) is 7.42. The number of anilines is 1. The number of nitrogen functional groups attached to an aromatic ring is 1. The molecule has 0 bridgehead atoms. The molecule has 0 atom stereocenters. The average molecular weight is 379 g/mol. The third-order valence-electron chi connectivity index (χ3n) is 5.96. The van der Waals surface area contributed by atoms with Gasteiger partial charge in [0.1, 0.15) is 0 Å². The number of hydrogen-bond acceptors (Lipinski definition) is 3. The van der Waals surface area contributed by atoms with E-state index in [0.717, 1.165) is 12.0 Å². The predicted octanol–water partition coefficient (Wildman–Crippen LogP) is 4.16.